The van der Waals surface area contributed by atoms with Gasteiger partial charge in [0.15, 0.2) is 0 Å². The lowest BCUT2D eigenvalue weighted by atomic mass is 9.71. The van der Waals surface area contributed by atoms with Crippen molar-refractivity contribution in [2.75, 3.05) is 13.7 Å². The Hall–Kier alpha value is -0.440. The van der Waals surface area contributed by atoms with E-state index in [4.69, 9.17) is 27.9 Å². The van der Waals surface area contributed by atoms with E-state index in [2.05, 4.69) is 11.9 Å². The Labute approximate surface area is 168 Å². The van der Waals surface area contributed by atoms with Gasteiger partial charge >= 0.3 is 0 Å². The van der Waals surface area contributed by atoms with Crippen LogP contribution in [0.4, 0.5) is 0 Å². The minimum Gasteiger partial charge on any atom is -0.493 e. The normalized spacial score (nSPS) is 33.2. The molecule has 0 spiro atoms. The second-order valence-corrected chi connectivity index (χ2v) is 9.48. The highest BCUT2D eigenvalue weighted by molar-refractivity contribution is 6.42. The number of nitrogens with zero attached hydrogens (tertiary/aromatic N) is 1. The fourth-order valence-corrected chi connectivity index (χ4v) is 6.18. The van der Waals surface area contributed by atoms with Gasteiger partial charge in [0.05, 0.1) is 16.7 Å². The molecule has 2 bridgehead atoms. The Morgan fingerprint density at radius 1 is 1.00 bits per heavy atom. The van der Waals surface area contributed by atoms with Crippen LogP contribution in [0.15, 0.2) is 18.2 Å². The molecule has 4 rings (SSSR count). The van der Waals surface area contributed by atoms with Crippen molar-refractivity contribution in [2.24, 2.45) is 17.8 Å². The maximum absolute atomic E-state index is 6.26. The monoisotopic (exact) mass is 395 g/mol. The van der Waals surface area contributed by atoms with Crippen LogP contribution in [-0.4, -0.2) is 30.6 Å². The molecule has 1 saturated carbocycles. The molecule has 26 heavy (non-hydrogen) atoms. The van der Waals surface area contributed by atoms with Crippen LogP contribution in [0.2, 0.25) is 10.0 Å². The molecule has 0 aromatic heterocycles. The topological polar surface area (TPSA) is 12.5 Å². The molecule has 4 unspecified atom stereocenters. The molecule has 144 valence electrons. The van der Waals surface area contributed by atoms with Gasteiger partial charge in [0.2, 0.25) is 0 Å². The number of benzene rings is 1. The van der Waals surface area contributed by atoms with Gasteiger partial charge in [0, 0.05) is 24.1 Å². The lowest BCUT2D eigenvalue weighted by Crippen LogP contribution is -2.50. The van der Waals surface area contributed by atoms with Crippen LogP contribution in [0, 0.1) is 17.8 Å². The molecule has 4 atom stereocenters. The Kier molecular flexibility index (Phi) is 6.02. The van der Waals surface area contributed by atoms with Crippen molar-refractivity contribution < 1.29 is 4.74 Å². The van der Waals surface area contributed by atoms with Gasteiger partial charge in [0.25, 0.3) is 0 Å². The molecule has 3 aliphatic rings. The van der Waals surface area contributed by atoms with Crippen LogP contribution < -0.4 is 4.74 Å². The van der Waals surface area contributed by atoms with Gasteiger partial charge in [0.1, 0.15) is 5.75 Å². The number of fused-ring (bicyclic) bond motifs is 2. The van der Waals surface area contributed by atoms with Crippen molar-refractivity contribution in [1.82, 2.24) is 4.90 Å². The molecule has 2 heterocycles. The minimum atomic E-state index is 0.575. The average Bonchev–Trinajstić information content (AvgIpc) is 2.86. The Balaban J connectivity index is 1.49. The summed E-state index contributed by atoms with van der Waals surface area (Å²) in [5, 5.41) is 1.16. The predicted molar refractivity (Wildman–Crippen MR) is 109 cm³/mol. The van der Waals surface area contributed by atoms with Crippen LogP contribution in [0.1, 0.15) is 57.8 Å². The standard InChI is InChI=1S/C22H31Cl2NO/c1-25-16-8-11-22(25)19(14-26-17-9-10-20(23)21(24)13-17)18(12-16)15-6-4-2-3-5-7-15/h9-10,13,15-16,18-19,22H,2-8,11-12,14H2,1H3. The van der Waals surface area contributed by atoms with Crippen molar-refractivity contribution in [3.63, 3.8) is 0 Å². The summed E-state index contributed by atoms with van der Waals surface area (Å²) in [6.45, 7) is 0.806. The zero-order valence-electron chi connectivity index (χ0n) is 15.8. The largest absolute Gasteiger partial charge is 0.493 e. The number of hydrogen-bond acceptors (Lipinski definition) is 2. The zero-order valence-corrected chi connectivity index (χ0v) is 17.3. The third-order valence-electron chi connectivity index (χ3n) is 7.32. The molecule has 0 N–H and O–H groups in total. The maximum atomic E-state index is 6.26. The lowest BCUT2D eigenvalue weighted by molar-refractivity contribution is 0.00771. The highest BCUT2D eigenvalue weighted by atomic mass is 35.5. The van der Waals surface area contributed by atoms with Gasteiger partial charge in [-0.3, -0.25) is 0 Å². The van der Waals surface area contributed by atoms with Crippen molar-refractivity contribution in [3.05, 3.63) is 28.2 Å². The number of piperidine rings is 1. The van der Waals surface area contributed by atoms with E-state index < -0.39 is 0 Å². The number of hydrogen-bond donors (Lipinski definition) is 0. The summed E-state index contributed by atoms with van der Waals surface area (Å²) in [4.78, 5) is 2.65. The maximum Gasteiger partial charge on any atom is 0.120 e. The zero-order chi connectivity index (χ0) is 18.1. The predicted octanol–water partition coefficient (Wildman–Crippen LogP) is 6.44. The van der Waals surface area contributed by atoms with Gasteiger partial charge in [-0.15, -0.1) is 0 Å². The van der Waals surface area contributed by atoms with Crippen molar-refractivity contribution in [1.29, 1.82) is 0 Å². The summed E-state index contributed by atoms with van der Waals surface area (Å²) in [5.41, 5.74) is 0. The molecule has 1 aliphatic carbocycles. The molecule has 1 aromatic rings. The molecule has 1 aromatic carbocycles. The van der Waals surface area contributed by atoms with Crippen LogP contribution in [0.3, 0.4) is 0 Å². The van der Waals surface area contributed by atoms with Gasteiger partial charge < -0.3 is 9.64 Å². The number of halogens is 2. The molecule has 2 saturated heterocycles. The minimum absolute atomic E-state index is 0.575. The highest BCUT2D eigenvalue weighted by Gasteiger charge is 2.47. The van der Waals surface area contributed by atoms with Gasteiger partial charge in [-0.05, 0) is 50.3 Å². The fraction of sp³-hybridized carbons (Fsp3) is 0.727. The van der Waals surface area contributed by atoms with Gasteiger partial charge in [-0.2, -0.15) is 0 Å². The Morgan fingerprint density at radius 2 is 1.77 bits per heavy atom. The number of rotatable bonds is 4. The first-order valence-corrected chi connectivity index (χ1v) is 11.2. The summed E-state index contributed by atoms with van der Waals surface area (Å²) in [5.74, 6) is 3.21. The molecule has 0 radical (unpaired) electrons. The van der Waals surface area contributed by atoms with E-state index in [0.717, 1.165) is 30.2 Å². The second-order valence-electron chi connectivity index (χ2n) is 8.67. The molecule has 4 heteroatoms. The second kappa shape index (κ2) is 8.29. The fourth-order valence-electron chi connectivity index (χ4n) is 5.89. The van der Waals surface area contributed by atoms with E-state index in [9.17, 15) is 0 Å². The highest BCUT2D eigenvalue weighted by Crippen LogP contribution is 2.47. The third-order valence-corrected chi connectivity index (χ3v) is 8.06. The molecular weight excluding hydrogens is 365 g/mol. The summed E-state index contributed by atoms with van der Waals surface area (Å²) in [6, 6.07) is 7.12. The van der Waals surface area contributed by atoms with Crippen LogP contribution >= 0.6 is 23.2 Å². The Morgan fingerprint density at radius 3 is 2.50 bits per heavy atom. The van der Waals surface area contributed by atoms with Crippen LogP contribution in [0.5, 0.6) is 5.75 Å². The lowest BCUT2D eigenvalue weighted by Gasteiger charge is -2.46. The Bertz CT molecular complexity index is 614. The third kappa shape index (κ3) is 3.88. The van der Waals surface area contributed by atoms with E-state index in [1.54, 1.807) is 0 Å². The first-order valence-electron chi connectivity index (χ1n) is 10.4. The smallest absolute Gasteiger partial charge is 0.120 e. The molecular formula is C22H31Cl2NO. The van der Waals surface area contributed by atoms with Crippen molar-refractivity contribution in [2.45, 2.75) is 69.9 Å². The van der Waals surface area contributed by atoms with Crippen molar-refractivity contribution >= 4 is 23.2 Å². The van der Waals surface area contributed by atoms with Gasteiger partial charge in [-0.1, -0.05) is 61.7 Å². The van der Waals surface area contributed by atoms with Gasteiger partial charge in [-0.25, -0.2) is 0 Å². The van der Waals surface area contributed by atoms with E-state index in [0.29, 0.717) is 22.0 Å². The molecule has 0 amide bonds. The summed E-state index contributed by atoms with van der Waals surface area (Å²) in [7, 11) is 2.33. The van der Waals surface area contributed by atoms with Crippen molar-refractivity contribution in [3.8, 4) is 5.75 Å². The van der Waals surface area contributed by atoms with Crippen LogP contribution in [0.25, 0.3) is 0 Å². The first-order chi connectivity index (χ1) is 12.6. The average molecular weight is 396 g/mol. The first kappa shape index (κ1) is 18.9. The summed E-state index contributed by atoms with van der Waals surface area (Å²) in [6.07, 6.45) is 12.6. The summed E-state index contributed by atoms with van der Waals surface area (Å²) < 4.78 is 6.26. The quantitative estimate of drug-likeness (QED) is 0.543. The van der Waals surface area contributed by atoms with Crippen LogP contribution in [-0.2, 0) is 0 Å². The molecule has 2 aliphatic heterocycles. The van der Waals surface area contributed by atoms with E-state index in [1.807, 2.05) is 18.2 Å². The number of ether oxygens (including phenoxy) is 1. The molecule has 3 fully saturated rings. The van der Waals surface area contributed by atoms with E-state index in [-0.39, 0.29) is 0 Å². The summed E-state index contributed by atoms with van der Waals surface area (Å²) >= 11 is 12.2. The van der Waals surface area contributed by atoms with E-state index >= 15 is 0 Å². The SMILES string of the molecule is CN1C2CCC1C(COc1ccc(Cl)c(Cl)c1)C(C1CCCCCC1)C2. The molecule has 2 nitrogen and oxygen atoms in total. The van der Waals surface area contributed by atoms with E-state index in [1.165, 1.54) is 57.8 Å².